The number of carbonyl (C=O) groups excluding carboxylic acids is 4. The number of amides is 6. The Labute approximate surface area is 120 Å². The van der Waals surface area contributed by atoms with Gasteiger partial charge in [0.05, 0.1) is 0 Å². The Bertz CT molecular complexity index is 601. The molecule has 1 aliphatic rings. The summed E-state index contributed by atoms with van der Waals surface area (Å²) in [5, 5.41) is 1.82. The molecule has 1 heterocycles. The second-order valence-corrected chi connectivity index (χ2v) is 4.50. The van der Waals surface area contributed by atoms with Gasteiger partial charge in [-0.05, 0) is 19.1 Å². The van der Waals surface area contributed by atoms with Crippen molar-refractivity contribution >= 4 is 29.6 Å². The molecule has 0 aliphatic carbocycles. The first kappa shape index (κ1) is 14.5. The summed E-state index contributed by atoms with van der Waals surface area (Å²) in [6.45, 7) is 1.02. The zero-order chi connectivity index (χ0) is 15.6. The Hall–Kier alpha value is -2.90. The lowest BCUT2D eigenvalue weighted by atomic mass is 10.2. The van der Waals surface area contributed by atoms with Crippen LogP contribution in [0.3, 0.4) is 0 Å². The highest BCUT2D eigenvalue weighted by molar-refractivity contribution is 6.15. The molecule has 0 aromatic heterocycles. The number of imide groups is 2. The summed E-state index contributed by atoms with van der Waals surface area (Å²) in [6, 6.07) is 6.27. The van der Waals surface area contributed by atoms with Gasteiger partial charge < -0.3 is 5.73 Å². The standard InChI is InChI=1S/C13H14N4O4/c1-8-11(19)16(7-10(18)15-12(14)20)13(21)17(8)9-5-3-2-4-6-9/h2-6,8H,7H2,1H3,(H3,14,15,18,20)/t8-/m1/s1. The van der Waals surface area contributed by atoms with Crippen LogP contribution in [-0.2, 0) is 9.59 Å². The van der Waals surface area contributed by atoms with Gasteiger partial charge in [-0.2, -0.15) is 0 Å². The Kier molecular flexibility index (Phi) is 3.88. The summed E-state index contributed by atoms with van der Waals surface area (Å²) in [6.07, 6.45) is 0. The molecule has 0 spiro atoms. The minimum absolute atomic E-state index is 0.511. The maximum atomic E-state index is 12.3. The van der Waals surface area contributed by atoms with Crippen LogP contribution in [0.15, 0.2) is 30.3 Å². The Balaban J connectivity index is 2.19. The molecule has 8 nitrogen and oxygen atoms in total. The van der Waals surface area contributed by atoms with Gasteiger partial charge in [0.25, 0.3) is 5.91 Å². The average molecular weight is 290 g/mol. The van der Waals surface area contributed by atoms with Crippen LogP contribution in [0.4, 0.5) is 15.3 Å². The van der Waals surface area contributed by atoms with Crippen molar-refractivity contribution in [3.63, 3.8) is 0 Å². The highest BCUT2D eigenvalue weighted by atomic mass is 16.2. The largest absolute Gasteiger partial charge is 0.351 e. The molecule has 0 radical (unpaired) electrons. The lowest BCUT2D eigenvalue weighted by molar-refractivity contribution is -0.131. The first-order chi connectivity index (χ1) is 9.91. The van der Waals surface area contributed by atoms with Crippen LogP contribution in [0.25, 0.3) is 0 Å². The third kappa shape index (κ3) is 2.83. The van der Waals surface area contributed by atoms with E-state index in [2.05, 4.69) is 0 Å². The van der Waals surface area contributed by atoms with Crippen LogP contribution in [-0.4, -0.2) is 41.4 Å². The van der Waals surface area contributed by atoms with Crippen molar-refractivity contribution in [1.29, 1.82) is 0 Å². The fraction of sp³-hybridized carbons (Fsp3) is 0.231. The number of urea groups is 2. The van der Waals surface area contributed by atoms with E-state index in [1.54, 1.807) is 37.3 Å². The first-order valence-corrected chi connectivity index (χ1v) is 6.20. The Morgan fingerprint density at radius 2 is 1.86 bits per heavy atom. The molecule has 8 heteroatoms. The molecule has 1 aliphatic heterocycles. The number of nitrogens with one attached hydrogen (secondary N) is 1. The molecule has 1 aromatic carbocycles. The van der Waals surface area contributed by atoms with Crippen LogP contribution in [0, 0.1) is 0 Å². The van der Waals surface area contributed by atoms with Crippen LogP contribution in [0.1, 0.15) is 6.92 Å². The van der Waals surface area contributed by atoms with Crippen molar-refractivity contribution in [3.05, 3.63) is 30.3 Å². The summed E-state index contributed by atoms with van der Waals surface area (Å²) >= 11 is 0. The molecule has 2 rings (SSSR count). The highest BCUT2D eigenvalue weighted by Gasteiger charge is 2.43. The number of hydrogen-bond donors (Lipinski definition) is 2. The van der Waals surface area contributed by atoms with Crippen LogP contribution < -0.4 is 16.0 Å². The number of rotatable bonds is 3. The molecular formula is C13H14N4O4. The Morgan fingerprint density at radius 1 is 1.24 bits per heavy atom. The number of anilines is 1. The normalized spacial score (nSPS) is 18.0. The Morgan fingerprint density at radius 3 is 2.43 bits per heavy atom. The van der Waals surface area contributed by atoms with E-state index in [4.69, 9.17) is 5.73 Å². The zero-order valence-electron chi connectivity index (χ0n) is 11.3. The van der Waals surface area contributed by atoms with Crippen LogP contribution >= 0.6 is 0 Å². The van der Waals surface area contributed by atoms with E-state index in [9.17, 15) is 19.2 Å². The summed E-state index contributed by atoms with van der Waals surface area (Å²) in [5.41, 5.74) is 5.37. The summed E-state index contributed by atoms with van der Waals surface area (Å²) < 4.78 is 0. The summed E-state index contributed by atoms with van der Waals surface area (Å²) in [7, 11) is 0. The topological polar surface area (TPSA) is 113 Å². The van der Waals surface area contributed by atoms with E-state index >= 15 is 0 Å². The first-order valence-electron chi connectivity index (χ1n) is 6.20. The molecule has 110 valence electrons. The van der Waals surface area contributed by atoms with Gasteiger partial charge in [-0.3, -0.25) is 24.7 Å². The van der Waals surface area contributed by atoms with Gasteiger partial charge in [0.2, 0.25) is 5.91 Å². The molecule has 1 aromatic rings. The fourth-order valence-corrected chi connectivity index (χ4v) is 2.11. The molecule has 1 atom stereocenters. The maximum Gasteiger partial charge on any atom is 0.332 e. The van der Waals surface area contributed by atoms with Crippen molar-refractivity contribution < 1.29 is 19.2 Å². The predicted octanol–water partition coefficient (Wildman–Crippen LogP) is 0.0386. The smallest absolute Gasteiger partial charge is 0.332 e. The average Bonchev–Trinajstić information content (AvgIpc) is 2.63. The minimum Gasteiger partial charge on any atom is -0.351 e. The summed E-state index contributed by atoms with van der Waals surface area (Å²) in [4.78, 5) is 48.5. The van der Waals surface area contributed by atoms with Gasteiger partial charge in [0, 0.05) is 5.69 Å². The summed E-state index contributed by atoms with van der Waals surface area (Å²) in [5.74, 6) is -1.32. The number of nitrogens with two attached hydrogens (primary N) is 1. The van der Waals surface area contributed by atoms with Crippen molar-refractivity contribution in [3.8, 4) is 0 Å². The lowest BCUT2D eigenvalue weighted by Crippen LogP contribution is -2.44. The zero-order valence-corrected chi connectivity index (χ0v) is 11.3. The molecule has 0 bridgehead atoms. The van der Waals surface area contributed by atoms with Gasteiger partial charge in [-0.25, -0.2) is 9.59 Å². The number of hydrogen-bond acceptors (Lipinski definition) is 4. The predicted molar refractivity (Wildman–Crippen MR) is 73.2 cm³/mol. The molecule has 1 fully saturated rings. The van der Waals surface area contributed by atoms with E-state index in [0.717, 1.165) is 4.90 Å². The second kappa shape index (κ2) is 5.61. The molecule has 0 unspecified atom stereocenters. The molecule has 6 amide bonds. The molecule has 1 saturated heterocycles. The number of carbonyl (C=O) groups is 4. The third-order valence-corrected chi connectivity index (χ3v) is 3.05. The quantitative estimate of drug-likeness (QED) is 0.765. The van der Waals surface area contributed by atoms with Crippen molar-refractivity contribution in [2.24, 2.45) is 5.73 Å². The molecule has 3 N–H and O–H groups in total. The lowest BCUT2D eigenvalue weighted by Gasteiger charge is -2.19. The van der Waals surface area contributed by atoms with Gasteiger partial charge >= 0.3 is 12.1 Å². The van der Waals surface area contributed by atoms with Crippen LogP contribution in [0.5, 0.6) is 0 Å². The molecule has 21 heavy (non-hydrogen) atoms. The fourth-order valence-electron chi connectivity index (χ4n) is 2.11. The number of primary amides is 1. The van der Waals surface area contributed by atoms with Crippen molar-refractivity contribution in [1.82, 2.24) is 10.2 Å². The van der Waals surface area contributed by atoms with Crippen molar-refractivity contribution in [2.45, 2.75) is 13.0 Å². The van der Waals surface area contributed by atoms with E-state index in [1.807, 2.05) is 5.32 Å². The number of para-hydroxylation sites is 1. The van der Waals surface area contributed by atoms with Crippen LogP contribution in [0.2, 0.25) is 0 Å². The second-order valence-electron chi connectivity index (χ2n) is 4.50. The van der Waals surface area contributed by atoms with E-state index in [0.29, 0.717) is 5.69 Å². The van der Waals surface area contributed by atoms with E-state index in [1.165, 1.54) is 4.90 Å². The SMILES string of the molecule is C[C@@H]1C(=O)N(CC(=O)NC(N)=O)C(=O)N1c1ccccc1. The minimum atomic E-state index is -1.04. The van der Waals surface area contributed by atoms with E-state index in [-0.39, 0.29) is 0 Å². The van der Waals surface area contributed by atoms with Gasteiger partial charge in [0.15, 0.2) is 0 Å². The van der Waals surface area contributed by atoms with E-state index < -0.39 is 36.5 Å². The third-order valence-electron chi connectivity index (χ3n) is 3.05. The van der Waals surface area contributed by atoms with Crippen molar-refractivity contribution in [2.75, 3.05) is 11.4 Å². The van der Waals surface area contributed by atoms with Gasteiger partial charge in [-0.15, -0.1) is 0 Å². The monoisotopic (exact) mass is 290 g/mol. The number of nitrogens with zero attached hydrogens (tertiary/aromatic N) is 2. The highest BCUT2D eigenvalue weighted by Crippen LogP contribution is 2.25. The van der Waals surface area contributed by atoms with Gasteiger partial charge in [0.1, 0.15) is 12.6 Å². The maximum absolute atomic E-state index is 12.3. The molecule has 0 saturated carbocycles. The number of benzene rings is 1. The van der Waals surface area contributed by atoms with Gasteiger partial charge in [-0.1, -0.05) is 18.2 Å². The molecular weight excluding hydrogens is 276 g/mol.